The van der Waals surface area contributed by atoms with E-state index < -0.39 is 21.7 Å². The summed E-state index contributed by atoms with van der Waals surface area (Å²) in [7, 11) is -3.78. The number of primary amides is 1. The zero-order valence-corrected chi connectivity index (χ0v) is 22.8. The molecule has 3 rings (SSSR count). The van der Waals surface area contributed by atoms with Crippen LogP contribution in [-0.2, 0) is 26.1 Å². The van der Waals surface area contributed by atoms with Crippen molar-refractivity contribution in [1.82, 2.24) is 9.71 Å². The maximum atomic E-state index is 13.4. The molecule has 3 N–H and O–H groups in total. The minimum absolute atomic E-state index is 0.145. The lowest BCUT2D eigenvalue weighted by atomic mass is 9.88. The Morgan fingerprint density at radius 3 is 2.51 bits per heavy atom. The Hall–Kier alpha value is -2.01. The van der Waals surface area contributed by atoms with Crippen molar-refractivity contribution < 1.29 is 22.7 Å². The van der Waals surface area contributed by atoms with Crippen molar-refractivity contribution in [1.29, 1.82) is 0 Å². The van der Waals surface area contributed by atoms with Crippen LogP contribution in [0.5, 0.6) is 0 Å². The first-order valence-electron chi connectivity index (χ1n) is 12.0. The molecule has 1 aliphatic rings. The van der Waals surface area contributed by atoms with E-state index in [0.29, 0.717) is 24.7 Å². The van der Waals surface area contributed by atoms with Gasteiger partial charge in [0.25, 0.3) is 0 Å². The number of nitrogens with zero attached hydrogens (tertiary/aromatic N) is 1. The minimum atomic E-state index is -3.78. The van der Waals surface area contributed by atoms with Crippen molar-refractivity contribution >= 4 is 27.5 Å². The zero-order chi connectivity index (χ0) is 25.8. The third kappa shape index (κ3) is 7.99. The van der Waals surface area contributed by atoms with E-state index in [1.807, 2.05) is 32.9 Å². The van der Waals surface area contributed by atoms with Gasteiger partial charge < -0.3 is 15.2 Å². The van der Waals surface area contributed by atoms with Gasteiger partial charge in [0.05, 0.1) is 21.4 Å². The number of ether oxygens (including phenoxy) is 2. The monoisotopic (exact) mass is 523 g/mol. The summed E-state index contributed by atoms with van der Waals surface area (Å²) in [4.78, 5) is 16.7. The van der Waals surface area contributed by atoms with Crippen LogP contribution in [0.1, 0.15) is 76.8 Å². The molecule has 1 fully saturated rings. The highest BCUT2D eigenvalue weighted by molar-refractivity contribution is 7.89. The van der Waals surface area contributed by atoms with Gasteiger partial charge in [-0.25, -0.2) is 22.9 Å². The second kappa shape index (κ2) is 11.4. The average molecular weight is 524 g/mol. The summed E-state index contributed by atoms with van der Waals surface area (Å²) in [6.45, 7) is 10.6. The molecule has 0 radical (unpaired) electrons. The highest BCUT2D eigenvalue weighted by atomic mass is 32.2. The molecule has 0 spiro atoms. The maximum absolute atomic E-state index is 13.4. The fraction of sp³-hybridized carbons (Fsp3) is 0.600. The van der Waals surface area contributed by atoms with Gasteiger partial charge in [-0.1, -0.05) is 26.0 Å². The Balaban J connectivity index is 1.87. The summed E-state index contributed by atoms with van der Waals surface area (Å²) in [5.74, 6) is 0.644. The number of carbonyl (C=O) groups excluding carboxylic acids is 1. The number of aromatic nitrogens is 1. The molecule has 0 saturated heterocycles. The number of thiazole rings is 1. The van der Waals surface area contributed by atoms with E-state index >= 15 is 0 Å². The van der Waals surface area contributed by atoms with Crippen LogP contribution in [0.15, 0.2) is 29.3 Å². The topological polar surface area (TPSA) is 121 Å². The number of sulfonamides is 1. The number of nitrogens with one attached hydrogen (secondary N) is 1. The van der Waals surface area contributed by atoms with Crippen LogP contribution < -0.4 is 10.5 Å². The molecule has 0 aliphatic heterocycles. The number of nitrogens with two attached hydrogens (primary N) is 1. The highest BCUT2D eigenvalue weighted by Crippen LogP contribution is 2.40. The molecular weight excluding hydrogens is 486 g/mol. The molecule has 35 heavy (non-hydrogen) atoms. The first-order chi connectivity index (χ1) is 16.3. The fourth-order valence-electron chi connectivity index (χ4n) is 4.15. The Morgan fingerprint density at radius 2 is 1.91 bits per heavy atom. The van der Waals surface area contributed by atoms with E-state index in [1.165, 1.54) is 11.3 Å². The van der Waals surface area contributed by atoms with Crippen molar-refractivity contribution in [2.45, 2.75) is 89.4 Å². The molecule has 1 amide bonds. The number of rotatable bonds is 9. The Labute approximate surface area is 212 Å². The van der Waals surface area contributed by atoms with Gasteiger partial charge in [0, 0.05) is 29.8 Å². The lowest BCUT2D eigenvalue weighted by molar-refractivity contribution is 0.0787. The second-order valence-corrected chi connectivity index (χ2v) is 13.3. The van der Waals surface area contributed by atoms with Crippen molar-refractivity contribution in [2.24, 2.45) is 11.7 Å². The lowest BCUT2D eigenvalue weighted by Gasteiger charge is -2.26. The van der Waals surface area contributed by atoms with E-state index in [1.54, 1.807) is 12.3 Å². The Kier molecular flexibility index (Phi) is 8.96. The van der Waals surface area contributed by atoms with Gasteiger partial charge in [-0.15, -0.1) is 11.3 Å². The minimum Gasteiger partial charge on any atom is -0.446 e. The summed E-state index contributed by atoms with van der Waals surface area (Å²) in [5, 5.41) is 0.967. The summed E-state index contributed by atoms with van der Waals surface area (Å²) in [6.07, 6.45) is 4.04. The molecular formula is C25H37N3O5S2. The average Bonchev–Trinajstić information content (AvgIpc) is 3.22. The number of hydrogen-bond acceptors (Lipinski definition) is 7. The van der Waals surface area contributed by atoms with Gasteiger partial charge in [-0.3, -0.25) is 0 Å². The van der Waals surface area contributed by atoms with Gasteiger partial charge in [0.15, 0.2) is 0 Å². The van der Waals surface area contributed by atoms with Gasteiger partial charge in [-0.05, 0) is 64.0 Å². The molecule has 1 aromatic carbocycles. The van der Waals surface area contributed by atoms with Gasteiger partial charge in [0.1, 0.15) is 6.10 Å². The summed E-state index contributed by atoms with van der Waals surface area (Å²) >= 11 is 1.52. The number of benzene rings is 1. The summed E-state index contributed by atoms with van der Waals surface area (Å²) in [5.41, 5.74) is 5.96. The molecule has 1 heterocycles. The molecule has 1 aromatic heterocycles. The first kappa shape index (κ1) is 27.6. The van der Waals surface area contributed by atoms with Crippen molar-refractivity contribution in [2.75, 3.05) is 6.61 Å². The van der Waals surface area contributed by atoms with Gasteiger partial charge >= 0.3 is 6.09 Å². The molecule has 2 aromatic rings. The largest absolute Gasteiger partial charge is 0.446 e. The van der Waals surface area contributed by atoms with Crippen molar-refractivity contribution in [3.05, 3.63) is 35.0 Å². The lowest BCUT2D eigenvalue weighted by Crippen LogP contribution is -2.40. The predicted octanol–water partition coefficient (Wildman–Crippen LogP) is 5.18. The Morgan fingerprint density at radius 1 is 1.23 bits per heavy atom. The van der Waals surface area contributed by atoms with Crippen LogP contribution >= 0.6 is 11.3 Å². The van der Waals surface area contributed by atoms with Crippen LogP contribution in [0, 0.1) is 5.92 Å². The van der Waals surface area contributed by atoms with Gasteiger partial charge in [0.2, 0.25) is 10.0 Å². The molecule has 10 heteroatoms. The SMILES string of the molecule is CC(C)COCc1ccc(-c2cnc(C3CCC(OC(N)=O)CC3)s2)c(S(=O)(=O)NC(C)(C)C)c1. The molecule has 8 nitrogen and oxygen atoms in total. The third-order valence-electron chi connectivity index (χ3n) is 5.59. The molecule has 0 bridgehead atoms. The smallest absolute Gasteiger partial charge is 0.404 e. The Bertz CT molecular complexity index is 1110. The number of amides is 1. The van der Waals surface area contributed by atoms with E-state index in [9.17, 15) is 13.2 Å². The second-order valence-electron chi connectivity index (χ2n) is 10.6. The van der Waals surface area contributed by atoms with E-state index in [0.717, 1.165) is 41.1 Å². The van der Waals surface area contributed by atoms with Crippen LogP contribution in [-0.4, -0.2) is 37.7 Å². The van der Waals surface area contributed by atoms with E-state index in [4.69, 9.17) is 15.2 Å². The van der Waals surface area contributed by atoms with Crippen LogP contribution in [0.4, 0.5) is 4.79 Å². The van der Waals surface area contributed by atoms with Crippen molar-refractivity contribution in [3.63, 3.8) is 0 Å². The first-order valence-corrected chi connectivity index (χ1v) is 14.3. The van der Waals surface area contributed by atoms with Crippen LogP contribution in [0.3, 0.4) is 0 Å². The third-order valence-corrected chi connectivity index (χ3v) is 8.58. The fourth-order valence-corrected chi connectivity index (χ4v) is 7.03. The summed E-state index contributed by atoms with van der Waals surface area (Å²) < 4.78 is 40.4. The normalized spacial score (nSPS) is 19.1. The molecule has 1 saturated carbocycles. The molecule has 0 atom stereocenters. The van der Waals surface area contributed by atoms with E-state index in [-0.39, 0.29) is 16.9 Å². The standard InChI is InChI=1S/C25H37N3O5S2/c1-16(2)14-32-15-17-6-11-20(22(12-17)35(30,31)28-25(3,4)5)21-13-27-23(34-21)18-7-9-19(10-8-18)33-24(26)29/h6,11-13,16,18-19,28H,7-10,14-15H2,1-5H3,(H2,26,29). The van der Waals surface area contributed by atoms with Crippen molar-refractivity contribution in [3.8, 4) is 10.4 Å². The van der Waals surface area contributed by atoms with Crippen LogP contribution in [0.25, 0.3) is 10.4 Å². The zero-order valence-electron chi connectivity index (χ0n) is 21.2. The van der Waals surface area contributed by atoms with Crippen LogP contribution in [0.2, 0.25) is 0 Å². The quantitative estimate of drug-likeness (QED) is 0.467. The highest BCUT2D eigenvalue weighted by Gasteiger charge is 2.29. The van der Waals surface area contributed by atoms with E-state index in [2.05, 4.69) is 23.6 Å². The number of carbonyl (C=O) groups is 1. The molecule has 194 valence electrons. The maximum Gasteiger partial charge on any atom is 0.404 e. The number of hydrogen-bond donors (Lipinski definition) is 2. The van der Waals surface area contributed by atoms with Gasteiger partial charge in [-0.2, -0.15) is 0 Å². The molecule has 0 unspecified atom stereocenters. The predicted molar refractivity (Wildman–Crippen MR) is 138 cm³/mol. The summed E-state index contributed by atoms with van der Waals surface area (Å²) in [6, 6.07) is 5.47. The molecule has 1 aliphatic carbocycles.